The zero-order chi connectivity index (χ0) is 15.4. The Bertz CT molecular complexity index is 650. The fourth-order valence-electron chi connectivity index (χ4n) is 1.94. The van der Waals surface area contributed by atoms with E-state index in [4.69, 9.17) is 21.1 Å². The van der Waals surface area contributed by atoms with Crippen molar-refractivity contribution in [1.82, 2.24) is 4.98 Å². The first-order valence-electron chi connectivity index (χ1n) is 6.32. The number of hydrogen-bond acceptors (Lipinski definition) is 4. The second-order valence-corrected chi connectivity index (χ2v) is 5.69. The van der Waals surface area contributed by atoms with Crippen LogP contribution in [0.3, 0.4) is 0 Å². The van der Waals surface area contributed by atoms with Crippen LogP contribution in [0.2, 0.25) is 5.02 Å². The van der Waals surface area contributed by atoms with Gasteiger partial charge < -0.3 is 14.8 Å². The van der Waals surface area contributed by atoms with Crippen molar-refractivity contribution in [1.29, 1.82) is 0 Å². The van der Waals surface area contributed by atoms with Gasteiger partial charge in [0.15, 0.2) is 11.5 Å². The predicted octanol–water partition coefficient (Wildman–Crippen LogP) is 4.44. The Kier molecular flexibility index (Phi) is 5.31. The molecule has 1 aromatic heterocycles. The third kappa shape index (κ3) is 3.60. The highest BCUT2D eigenvalue weighted by Gasteiger charge is 2.11. The van der Waals surface area contributed by atoms with Gasteiger partial charge in [-0.15, -0.1) is 0 Å². The average Bonchev–Trinajstić information content (AvgIpc) is 2.49. The normalized spacial score (nSPS) is 10.3. The number of nitrogens with zero attached hydrogens (tertiary/aromatic N) is 1. The molecular formula is C15H16BrClN2O2. The van der Waals surface area contributed by atoms with Crippen molar-refractivity contribution in [3.05, 3.63) is 45.1 Å². The summed E-state index contributed by atoms with van der Waals surface area (Å²) < 4.78 is 11.6. The van der Waals surface area contributed by atoms with E-state index >= 15 is 0 Å². The predicted molar refractivity (Wildman–Crippen MR) is 88.6 cm³/mol. The number of methoxy groups -OCH3 is 2. The van der Waals surface area contributed by atoms with Crippen molar-refractivity contribution >= 4 is 33.2 Å². The number of anilines is 1. The molecule has 1 aromatic carbocycles. The maximum absolute atomic E-state index is 6.15. The molecule has 0 aliphatic carbocycles. The number of halogens is 2. The van der Waals surface area contributed by atoms with E-state index in [9.17, 15) is 0 Å². The lowest BCUT2D eigenvalue weighted by molar-refractivity contribution is 0.350. The van der Waals surface area contributed by atoms with Crippen molar-refractivity contribution in [3.8, 4) is 11.5 Å². The molecule has 2 rings (SSSR count). The first-order valence-corrected chi connectivity index (χ1v) is 7.49. The van der Waals surface area contributed by atoms with Gasteiger partial charge in [-0.3, -0.25) is 4.98 Å². The second-order valence-electron chi connectivity index (χ2n) is 4.43. The molecule has 1 N–H and O–H groups in total. The Hall–Kier alpha value is -1.46. The van der Waals surface area contributed by atoms with Gasteiger partial charge in [-0.05, 0) is 40.5 Å². The van der Waals surface area contributed by atoms with Gasteiger partial charge >= 0.3 is 0 Å². The first kappa shape index (κ1) is 15.9. The van der Waals surface area contributed by atoms with E-state index in [1.165, 1.54) is 0 Å². The Labute approximate surface area is 137 Å². The van der Waals surface area contributed by atoms with Crippen LogP contribution in [0.5, 0.6) is 11.5 Å². The Morgan fingerprint density at radius 1 is 1.29 bits per heavy atom. The highest BCUT2D eigenvalue weighted by Crippen LogP contribution is 2.32. The topological polar surface area (TPSA) is 43.4 Å². The number of ether oxygens (including phenoxy) is 2. The summed E-state index contributed by atoms with van der Waals surface area (Å²) in [5.74, 6) is 1.28. The molecule has 0 amide bonds. The monoisotopic (exact) mass is 370 g/mol. The van der Waals surface area contributed by atoms with Crippen LogP contribution in [0.1, 0.15) is 11.3 Å². The van der Waals surface area contributed by atoms with Gasteiger partial charge in [0.05, 0.1) is 26.5 Å². The number of nitrogens with one attached hydrogen (secondary N) is 1. The van der Waals surface area contributed by atoms with Gasteiger partial charge in [-0.1, -0.05) is 11.6 Å². The fourth-order valence-corrected chi connectivity index (χ4v) is 2.70. The molecule has 1 heterocycles. The summed E-state index contributed by atoms with van der Waals surface area (Å²) in [7, 11) is 3.20. The number of pyridine rings is 1. The zero-order valence-electron chi connectivity index (χ0n) is 12.0. The molecule has 0 bridgehead atoms. The van der Waals surface area contributed by atoms with Crippen LogP contribution < -0.4 is 14.8 Å². The van der Waals surface area contributed by atoms with E-state index in [0.29, 0.717) is 23.1 Å². The molecule has 0 saturated heterocycles. The van der Waals surface area contributed by atoms with Gasteiger partial charge in [0, 0.05) is 21.8 Å². The van der Waals surface area contributed by atoms with Crippen LogP contribution >= 0.6 is 27.5 Å². The fraction of sp³-hybridized carbons (Fsp3) is 0.267. The number of hydrogen-bond donors (Lipinski definition) is 1. The number of benzene rings is 1. The minimum atomic E-state index is 0.498. The lowest BCUT2D eigenvalue weighted by Gasteiger charge is -2.14. The Morgan fingerprint density at radius 3 is 2.71 bits per heavy atom. The standard InChI is InChI=1S/C15H16BrClN2O2/c1-9-6-10(16)12(7-11(9)17)19-8-13-15(21-3)14(20-2)4-5-18-13/h4-7,19H,8H2,1-3H3. The van der Waals surface area contributed by atoms with Crippen LogP contribution in [0.15, 0.2) is 28.9 Å². The smallest absolute Gasteiger partial charge is 0.184 e. The molecule has 0 radical (unpaired) electrons. The van der Waals surface area contributed by atoms with Gasteiger partial charge in [-0.2, -0.15) is 0 Å². The quantitative estimate of drug-likeness (QED) is 0.844. The summed E-state index contributed by atoms with van der Waals surface area (Å²) in [5, 5.41) is 4.01. The van der Waals surface area contributed by atoms with Crippen LogP contribution in [-0.4, -0.2) is 19.2 Å². The molecule has 0 fully saturated rings. The van der Waals surface area contributed by atoms with Crippen molar-refractivity contribution in [2.24, 2.45) is 0 Å². The summed E-state index contributed by atoms with van der Waals surface area (Å²) in [4.78, 5) is 4.33. The van der Waals surface area contributed by atoms with Gasteiger partial charge in [-0.25, -0.2) is 0 Å². The van der Waals surface area contributed by atoms with E-state index in [2.05, 4.69) is 26.2 Å². The van der Waals surface area contributed by atoms with Gasteiger partial charge in [0.1, 0.15) is 5.69 Å². The van der Waals surface area contributed by atoms with Gasteiger partial charge in [0.25, 0.3) is 0 Å². The third-order valence-electron chi connectivity index (χ3n) is 3.06. The van der Waals surface area contributed by atoms with Crippen LogP contribution in [0, 0.1) is 6.92 Å². The molecule has 0 unspecified atom stereocenters. The largest absolute Gasteiger partial charge is 0.493 e. The van der Waals surface area contributed by atoms with E-state index in [-0.39, 0.29) is 0 Å². The van der Waals surface area contributed by atoms with Crippen LogP contribution in [0.25, 0.3) is 0 Å². The van der Waals surface area contributed by atoms with Crippen LogP contribution in [-0.2, 0) is 6.54 Å². The summed E-state index contributed by atoms with van der Waals surface area (Å²) in [6.07, 6.45) is 1.69. The Morgan fingerprint density at radius 2 is 2.05 bits per heavy atom. The minimum absolute atomic E-state index is 0.498. The molecule has 0 atom stereocenters. The summed E-state index contributed by atoms with van der Waals surface area (Å²) in [6, 6.07) is 5.62. The molecular weight excluding hydrogens is 356 g/mol. The molecule has 0 saturated carbocycles. The Balaban J connectivity index is 2.22. The lowest BCUT2D eigenvalue weighted by Crippen LogP contribution is -2.05. The second kappa shape index (κ2) is 7.00. The van der Waals surface area contributed by atoms with E-state index in [1.807, 2.05) is 19.1 Å². The van der Waals surface area contributed by atoms with Crippen LogP contribution in [0.4, 0.5) is 5.69 Å². The van der Waals surface area contributed by atoms with Crippen molar-refractivity contribution in [2.75, 3.05) is 19.5 Å². The number of rotatable bonds is 5. The SMILES string of the molecule is COc1ccnc(CNc2cc(Cl)c(C)cc2Br)c1OC. The zero-order valence-corrected chi connectivity index (χ0v) is 14.4. The molecule has 21 heavy (non-hydrogen) atoms. The number of aromatic nitrogens is 1. The van der Waals surface area contributed by atoms with Crippen molar-refractivity contribution in [2.45, 2.75) is 13.5 Å². The van der Waals surface area contributed by atoms with E-state index in [1.54, 1.807) is 26.5 Å². The van der Waals surface area contributed by atoms with E-state index < -0.39 is 0 Å². The van der Waals surface area contributed by atoms with Crippen molar-refractivity contribution in [3.63, 3.8) is 0 Å². The molecule has 0 aliphatic heterocycles. The summed E-state index contributed by atoms with van der Waals surface area (Å²) in [6.45, 7) is 2.46. The molecule has 2 aromatic rings. The van der Waals surface area contributed by atoms with Crippen molar-refractivity contribution < 1.29 is 9.47 Å². The average molecular weight is 372 g/mol. The first-order chi connectivity index (χ1) is 10.1. The maximum atomic E-state index is 6.15. The highest BCUT2D eigenvalue weighted by atomic mass is 79.9. The summed E-state index contributed by atoms with van der Waals surface area (Å²) in [5.41, 5.74) is 2.68. The minimum Gasteiger partial charge on any atom is -0.493 e. The van der Waals surface area contributed by atoms with Gasteiger partial charge in [0.2, 0.25) is 0 Å². The number of aryl methyl sites for hydroxylation is 1. The third-order valence-corrected chi connectivity index (χ3v) is 4.12. The summed E-state index contributed by atoms with van der Waals surface area (Å²) >= 11 is 9.67. The molecule has 0 aliphatic rings. The highest BCUT2D eigenvalue weighted by molar-refractivity contribution is 9.10. The molecule has 4 nitrogen and oxygen atoms in total. The lowest BCUT2D eigenvalue weighted by atomic mass is 10.2. The molecule has 112 valence electrons. The molecule has 6 heteroatoms. The molecule has 0 spiro atoms. The maximum Gasteiger partial charge on any atom is 0.184 e. The van der Waals surface area contributed by atoms with E-state index in [0.717, 1.165) is 21.4 Å².